The number of hydrogen-bond acceptors (Lipinski definition) is 6. The van der Waals surface area contributed by atoms with Crippen LogP contribution < -0.4 is 9.46 Å². The highest BCUT2D eigenvalue weighted by molar-refractivity contribution is 7.93. The molecule has 32 heavy (non-hydrogen) atoms. The van der Waals surface area contributed by atoms with Crippen molar-refractivity contribution in [3.05, 3.63) is 71.8 Å². The summed E-state index contributed by atoms with van der Waals surface area (Å²) in [6, 6.07) is 15.0. The van der Waals surface area contributed by atoms with Crippen LogP contribution in [0.2, 0.25) is 0 Å². The normalized spacial score (nSPS) is 12.0. The molecule has 0 aromatic heterocycles. The van der Waals surface area contributed by atoms with Crippen LogP contribution in [-0.2, 0) is 19.9 Å². The molecule has 0 fully saturated rings. The molecule has 170 valence electrons. The van der Waals surface area contributed by atoms with Gasteiger partial charge in [-0.25, -0.2) is 16.8 Å². The molecule has 3 rings (SSSR count). The molecule has 0 atom stereocenters. The maximum atomic E-state index is 13.4. The number of benzene rings is 3. The second kappa shape index (κ2) is 8.84. The van der Waals surface area contributed by atoms with E-state index in [1.165, 1.54) is 56.5 Å². The Morgan fingerprint density at radius 2 is 1.50 bits per heavy atom. The number of phenols is 1. The SMILES string of the molecule is COc1ccc(S(=O)(=O)Nc2cc(C(C)C)c(O)c(S(=O)(=O)c3ccccc3)c2C)cc1. The number of aromatic hydroxyl groups is 1. The molecular formula is C23H25NO6S2. The predicted octanol–water partition coefficient (Wildman–Crippen LogP) is 4.47. The minimum absolute atomic E-state index is 0.00303. The zero-order chi connectivity index (χ0) is 23.7. The van der Waals surface area contributed by atoms with Gasteiger partial charge < -0.3 is 9.84 Å². The van der Waals surface area contributed by atoms with Crippen molar-refractivity contribution in [3.63, 3.8) is 0 Å². The first-order valence-electron chi connectivity index (χ1n) is 9.82. The first-order valence-corrected chi connectivity index (χ1v) is 12.8. The summed E-state index contributed by atoms with van der Waals surface area (Å²) in [6.07, 6.45) is 0. The molecule has 0 aliphatic heterocycles. The molecule has 3 aromatic rings. The molecule has 0 heterocycles. The van der Waals surface area contributed by atoms with Gasteiger partial charge in [0.2, 0.25) is 9.84 Å². The van der Waals surface area contributed by atoms with E-state index >= 15 is 0 Å². The van der Waals surface area contributed by atoms with Gasteiger partial charge in [-0.1, -0.05) is 32.0 Å². The summed E-state index contributed by atoms with van der Waals surface area (Å²) in [5.74, 6) is -0.138. The molecule has 9 heteroatoms. The summed E-state index contributed by atoms with van der Waals surface area (Å²) in [4.78, 5) is -0.324. The Kier molecular flexibility index (Phi) is 6.52. The third kappa shape index (κ3) is 4.44. The van der Waals surface area contributed by atoms with Crippen LogP contribution in [0.5, 0.6) is 11.5 Å². The van der Waals surface area contributed by atoms with E-state index in [9.17, 15) is 21.9 Å². The molecule has 7 nitrogen and oxygen atoms in total. The van der Waals surface area contributed by atoms with Crippen molar-refractivity contribution in [3.8, 4) is 11.5 Å². The maximum Gasteiger partial charge on any atom is 0.261 e. The van der Waals surface area contributed by atoms with Crippen molar-refractivity contribution in [1.82, 2.24) is 0 Å². The number of phenolic OH excluding ortho intramolecular Hbond substituents is 1. The quantitative estimate of drug-likeness (QED) is 0.488. The van der Waals surface area contributed by atoms with Crippen molar-refractivity contribution >= 4 is 25.5 Å². The summed E-state index contributed by atoms with van der Waals surface area (Å²) >= 11 is 0. The minimum atomic E-state index is -4.11. The highest BCUT2D eigenvalue weighted by Gasteiger charge is 2.29. The van der Waals surface area contributed by atoms with Gasteiger partial charge in [0.15, 0.2) is 0 Å². The molecule has 0 saturated heterocycles. The van der Waals surface area contributed by atoms with E-state index < -0.39 is 19.9 Å². The molecule has 3 aromatic carbocycles. The summed E-state index contributed by atoms with van der Waals surface area (Å²) in [5, 5.41) is 10.9. The van der Waals surface area contributed by atoms with Gasteiger partial charge in [-0.05, 0) is 66.4 Å². The predicted molar refractivity (Wildman–Crippen MR) is 123 cm³/mol. The van der Waals surface area contributed by atoms with Crippen molar-refractivity contribution in [2.45, 2.75) is 41.4 Å². The standard InChI is InChI=1S/C23H25NO6S2/c1-15(2)20-14-21(24-32(28,29)19-12-10-17(30-4)11-13-19)16(3)23(22(20)25)31(26,27)18-8-6-5-7-9-18/h5-15,24-25H,1-4H3. The van der Waals surface area contributed by atoms with Gasteiger partial charge in [-0.2, -0.15) is 0 Å². The first kappa shape index (κ1) is 23.6. The topological polar surface area (TPSA) is 110 Å². The molecule has 0 amide bonds. The zero-order valence-corrected chi connectivity index (χ0v) is 19.8. The lowest BCUT2D eigenvalue weighted by molar-refractivity contribution is 0.414. The van der Waals surface area contributed by atoms with Crippen LogP contribution in [-0.4, -0.2) is 29.1 Å². The minimum Gasteiger partial charge on any atom is -0.506 e. The Morgan fingerprint density at radius 1 is 0.906 bits per heavy atom. The molecule has 2 N–H and O–H groups in total. The fourth-order valence-corrected chi connectivity index (χ4v) is 6.06. The molecule has 0 bridgehead atoms. The van der Waals surface area contributed by atoms with E-state index in [2.05, 4.69) is 4.72 Å². The molecule has 0 radical (unpaired) electrons. The number of sulfonamides is 1. The molecular weight excluding hydrogens is 450 g/mol. The van der Waals surface area contributed by atoms with E-state index in [4.69, 9.17) is 4.74 Å². The highest BCUT2D eigenvalue weighted by atomic mass is 32.2. The molecule has 0 aliphatic rings. The first-order chi connectivity index (χ1) is 15.0. The number of rotatable bonds is 7. The van der Waals surface area contributed by atoms with Crippen LogP contribution in [0.15, 0.2) is 75.4 Å². The van der Waals surface area contributed by atoms with Gasteiger partial charge >= 0.3 is 0 Å². The zero-order valence-electron chi connectivity index (χ0n) is 18.2. The van der Waals surface area contributed by atoms with Gasteiger partial charge in [0.05, 0.1) is 22.6 Å². The van der Waals surface area contributed by atoms with Crippen LogP contribution in [0.25, 0.3) is 0 Å². The molecule has 0 saturated carbocycles. The van der Waals surface area contributed by atoms with Gasteiger partial charge in [0.25, 0.3) is 10.0 Å². The number of sulfone groups is 1. The Bertz CT molecular complexity index is 1330. The summed E-state index contributed by atoms with van der Waals surface area (Å²) in [7, 11) is -6.66. The van der Waals surface area contributed by atoms with Crippen LogP contribution in [0, 0.1) is 6.92 Å². The average molecular weight is 476 g/mol. The molecule has 0 unspecified atom stereocenters. The maximum absolute atomic E-state index is 13.4. The monoisotopic (exact) mass is 475 g/mol. The second-order valence-corrected chi connectivity index (χ2v) is 11.1. The summed E-state index contributed by atoms with van der Waals surface area (Å²) < 4.78 is 60.2. The van der Waals surface area contributed by atoms with Crippen molar-refractivity contribution in [2.75, 3.05) is 11.8 Å². The van der Waals surface area contributed by atoms with Gasteiger partial charge in [-0.15, -0.1) is 0 Å². The molecule has 0 spiro atoms. The Labute approximate surface area is 188 Å². The number of nitrogens with one attached hydrogen (secondary N) is 1. The lowest BCUT2D eigenvalue weighted by Crippen LogP contribution is -2.16. The van der Waals surface area contributed by atoms with E-state index in [-0.39, 0.29) is 37.6 Å². The second-order valence-electron chi connectivity index (χ2n) is 7.57. The van der Waals surface area contributed by atoms with E-state index in [1.807, 2.05) is 0 Å². The van der Waals surface area contributed by atoms with Crippen molar-refractivity contribution in [2.24, 2.45) is 0 Å². The number of methoxy groups -OCH3 is 1. The fourth-order valence-electron chi connectivity index (χ4n) is 3.31. The van der Waals surface area contributed by atoms with Crippen LogP contribution >= 0.6 is 0 Å². The summed E-state index contributed by atoms with van der Waals surface area (Å²) in [5.41, 5.74) is 0.502. The number of anilines is 1. The van der Waals surface area contributed by atoms with Gasteiger partial charge in [0.1, 0.15) is 16.4 Å². The largest absolute Gasteiger partial charge is 0.506 e. The highest BCUT2D eigenvalue weighted by Crippen LogP contribution is 2.41. The molecule has 0 aliphatic carbocycles. The average Bonchev–Trinajstić information content (AvgIpc) is 2.76. The number of ether oxygens (including phenoxy) is 1. The smallest absolute Gasteiger partial charge is 0.261 e. The fraction of sp³-hybridized carbons (Fsp3) is 0.217. The van der Waals surface area contributed by atoms with E-state index in [0.29, 0.717) is 11.3 Å². The van der Waals surface area contributed by atoms with Crippen molar-refractivity contribution in [1.29, 1.82) is 0 Å². The number of hydrogen-bond donors (Lipinski definition) is 2. The Balaban J connectivity index is 2.19. The third-order valence-electron chi connectivity index (χ3n) is 5.09. The third-order valence-corrected chi connectivity index (χ3v) is 8.40. The van der Waals surface area contributed by atoms with E-state index in [0.717, 1.165) is 0 Å². The van der Waals surface area contributed by atoms with Gasteiger partial charge in [0, 0.05) is 0 Å². The Hall–Kier alpha value is -3.04. The lowest BCUT2D eigenvalue weighted by Gasteiger charge is -2.20. The lowest BCUT2D eigenvalue weighted by atomic mass is 9.99. The Morgan fingerprint density at radius 3 is 2.03 bits per heavy atom. The van der Waals surface area contributed by atoms with Crippen LogP contribution in [0.3, 0.4) is 0 Å². The van der Waals surface area contributed by atoms with Crippen molar-refractivity contribution < 1.29 is 26.7 Å². The van der Waals surface area contributed by atoms with E-state index in [1.54, 1.807) is 32.0 Å². The van der Waals surface area contributed by atoms with Gasteiger partial charge in [-0.3, -0.25) is 4.72 Å². The summed E-state index contributed by atoms with van der Waals surface area (Å²) in [6.45, 7) is 5.03. The van der Waals surface area contributed by atoms with Crippen LogP contribution in [0.1, 0.15) is 30.9 Å². The van der Waals surface area contributed by atoms with Crippen LogP contribution in [0.4, 0.5) is 5.69 Å².